The van der Waals surface area contributed by atoms with Gasteiger partial charge in [0.1, 0.15) is 17.3 Å². The molecule has 1 saturated heterocycles. The first-order valence-electron chi connectivity index (χ1n) is 11.5. The summed E-state index contributed by atoms with van der Waals surface area (Å²) in [6.45, 7) is 3.88. The summed E-state index contributed by atoms with van der Waals surface area (Å²) >= 11 is 18.0. The molecule has 6 nitrogen and oxygen atoms in total. The molecule has 1 aliphatic rings. The van der Waals surface area contributed by atoms with Crippen molar-refractivity contribution in [2.24, 2.45) is 5.92 Å². The van der Waals surface area contributed by atoms with E-state index in [1.54, 1.807) is 19.5 Å². The Morgan fingerprint density at radius 2 is 1.89 bits per heavy atom. The normalized spacial score (nSPS) is 16.0. The van der Waals surface area contributed by atoms with Crippen LogP contribution in [0, 0.1) is 5.92 Å². The minimum absolute atomic E-state index is 0.242. The molecule has 0 spiro atoms. The van der Waals surface area contributed by atoms with Gasteiger partial charge in [0.15, 0.2) is 0 Å². The molecule has 9 heteroatoms. The highest BCUT2D eigenvalue weighted by Crippen LogP contribution is 2.28. The number of aromatic nitrogens is 2. The lowest BCUT2D eigenvalue weighted by Crippen LogP contribution is -2.41. The summed E-state index contributed by atoms with van der Waals surface area (Å²) in [5.41, 5.74) is 2.98. The molecule has 1 fully saturated rings. The highest BCUT2D eigenvalue weighted by atomic mass is 35.5. The summed E-state index contributed by atoms with van der Waals surface area (Å²) in [6, 6.07) is 13.8. The Hall–Kier alpha value is -2.45. The summed E-state index contributed by atoms with van der Waals surface area (Å²) in [5, 5.41) is 4.59. The zero-order chi connectivity index (χ0) is 24.6. The number of likely N-dealkylation sites (tertiary alicyclic amines) is 1. The van der Waals surface area contributed by atoms with Crippen molar-refractivity contribution in [2.45, 2.75) is 19.4 Å². The van der Waals surface area contributed by atoms with E-state index in [4.69, 9.17) is 44.9 Å². The number of rotatable bonds is 9. The average Bonchev–Trinajstić information content (AvgIpc) is 2.89. The molecule has 35 heavy (non-hydrogen) atoms. The molecule has 1 atom stereocenters. The van der Waals surface area contributed by atoms with Gasteiger partial charge in [0.05, 0.1) is 17.2 Å². The Balaban J connectivity index is 1.20. The predicted molar refractivity (Wildman–Crippen MR) is 145 cm³/mol. The Morgan fingerprint density at radius 3 is 2.63 bits per heavy atom. The molecule has 0 amide bonds. The molecular weight excluding hydrogens is 503 g/mol. The molecule has 0 aliphatic carbocycles. The van der Waals surface area contributed by atoms with Crippen LogP contribution in [0.25, 0.3) is 11.1 Å². The second-order valence-electron chi connectivity index (χ2n) is 8.53. The third-order valence-electron chi connectivity index (χ3n) is 6.00. The van der Waals surface area contributed by atoms with Gasteiger partial charge in [0, 0.05) is 37.6 Å². The van der Waals surface area contributed by atoms with Crippen LogP contribution >= 0.6 is 35.4 Å². The standard InChI is InChI=1S/C26H28Cl2N4O2S/c1-33-22-9-7-19(8-10-22)21-13-30-26(31-14-21)34-17-24(35)29-12-18-4-3-11-32(15-18)16-20-5-2-6-23(27)25(20)28/h2,5-10,13-14,18H,3-4,11-12,15-17H2,1H3,(H,29,35). The van der Waals surface area contributed by atoms with Crippen LogP contribution in [0.15, 0.2) is 54.9 Å². The number of halogens is 2. The van der Waals surface area contributed by atoms with Crippen molar-refractivity contribution in [3.05, 3.63) is 70.5 Å². The van der Waals surface area contributed by atoms with Crippen molar-refractivity contribution in [1.29, 1.82) is 0 Å². The maximum absolute atomic E-state index is 6.37. The zero-order valence-electron chi connectivity index (χ0n) is 19.5. The molecular formula is C26H28Cl2N4O2S. The van der Waals surface area contributed by atoms with E-state index in [2.05, 4.69) is 20.2 Å². The smallest absolute Gasteiger partial charge is 0.316 e. The average molecular weight is 532 g/mol. The number of hydrogen-bond acceptors (Lipinski definition) is 6. The maximum atomic E-state index is 6.37. The minimum atomic E-state index is 0.242. The van der Waals surface area contributed by atoms with Crippen molar-refractivity contribution >= 4 is 40.4 Å². The third kappa shape index (κ3) is 7.27. The van der Waals surface area contributed by atoms with E-state index in [0.29, 0.717) is 27.0 Å². The first-order valence-corrected chi connectivity index (χ1v) is 12.7. The SMILES string of the molecule is COc1ccc(-c2cnc(OCC(=S)NCC3CCCN(Cc4cccc(Cl)c4Cl)C3)nc2)cc1. The number of hydrogen-bond donors (Lipinski definition) is 1. The van der Waals surface area contributed by atoms with Crippen LogP contribution < -0.4 is 14.8 Å². The molecule has 3 aromatic rings. The Bertz CT molecular complexity index is 1130. The van der Waals surface area contributed by atoms with Crippen LogP contribution in [0.2, 0.25) is 10.0 Å². The van der Waals surface area contributed by atoms with E-state index >= 15 is 0 Å². The van der Waals surface area contributed by atoms with Gasteiger partial charge < -0.3 is 14.8 Å². The van der Waals surface area contributed by atoms with Crippen LogP contribution in [0.1, 0.15) is 18.4 Å². The molecule has 2 heterocycles. The number of methoxy groups -OCH3 is 1. The van der Waals surface area contributed by atoms with Crippen molar-refractivity contribution in [2.75, 3.05) is 33.4 Å². The van der Waals surface area contributed by atoms with Gasteiger partial charge in [0.25, 0.3) is 0 Å². The molecule has 2 aromatic carbocycles. The van der Waals surface area contributed by atoms with Crippen molar-refractivity contribution in [1.82, 2.24) is 20.2 Å². The molecule has 1 aromatic heterocycles. The van der Waals surface area contributed by atoms with Gasteiger partial charge in [-0.15, -0.1) is 0 Å². The third-order valence-corrected chi connectivity index (χ3v) is 7.12. The molecule has 4 rings (SSSR count). The van der Waals surface area contributed by atoms with Gasteiger partial charge in [-0.2, -0.15) is 0 Å². The monoisotopic (exact) mass is 530 g/mol. The largest absolute Gasteiger partial charge is 0.497 e. The number of piperidine rings is 1. The maximum Gasteiger partial charge on any atom is 0.316 e. The first kappa shape index (κ1) is 25.6. The highest BCUT2D eigenvalue weighted by molar-refractivity contribution is 7.80. The molecule has 1 N–H and O–H groups in total. The van der Waals surface area contributed by atoms with E-state index in [-0.39, 0.29) is 6.61 Å². The van der Waals surface area contributed by atoms with Gasteiger partial charge in [-0.3, -0.25) is 4.90 Å². The molecule has 0 radical (unpaired) electrons. The van der Waals surface area contributed by atoms with Gasteiger partial charge in [-0.25, -0.2) is 9.97 Å². The fourth-order valence-corrected chi connectivity index (χ4v) is 4.66. The van der Waals surface area contributed by atoms with Crippen LogP contribution in [-0.2, 0) is 6.54 Å². The number of nitrogens with zero attached hydrogens (tertiary/aromatic N) is 3. The van der Waals surface area contributed by atoms with Crippen molar-refractivity contribution in [3.8, 4) is 22.9 Å². The Kier molecular flexibility index (Phi) is 9.15. The summed E-state index contributed by atoms with van der Waals surface area (Å²) < 4.78 is 10.9. The summed E-state index contributed by atoms with van der Waals surface area (Å²) in [4.78, 5) is 11.7. The van der Waals surface area contributed by atoms with E-state index < -0.39 is 0 Å². The lowest BCUT2D eigenvalue weighted by atomic mass is 9.97. The number of thiocarbonyl (C=S) groups is 1. The van der Waals surface area contributed by atoms with Gasteiger partial charge in [-0.1, -0.05) is 59.7 Å². The van der Waals surface area contributed by atoms with Crippen LogP contribution in [0.4, 0.5) is 0 Å². The summed E-state index contributed by atoms with van der Waals surface area (Å²) in [5.74, 6) is 1.31. The van der Waals surface area contributed by atoms with Gasteiger partial charge in [0.2, 0.25) is 0 Å². The van der Waals surface area contributed by atoms with Gasteiger partial charge in [-0.05, 0) is 54.6 Å². The summed E-state index contributed by atoms with van der Waals surface area (Å²) in [6.07, 6.45) is 5.78. The molecule has 0 saturated carbocycles. The van der Waals surface area contributed by atoms with E-state index in [1.165, 1.54) is 0 Å². The van der Waals surface area contributed by atoms with Crippen molar-refractivity contribution in [3.63, 3.8) is 0 Å². The minimum Gasteiger partial charge on any atom is -0.497 e. The van der Waals surface area contributed by atoms with E-state index in [1.807, 2.05) is 42.5 Å². The highest BCUT2D eigenvalue weighted by Gasteiger charge is 2.21. The second kappa shape index (κ2) is 12.5. The number of nitrogens with one attached hydrogen (secondary N) is 1. The molecule has 1 aliphatic heterocycles. The molecule has 0 bridgehead atoms. The zero-order valence-corrected chi connectivity index (χ0v) is 21.9. The molecule has 1 unspecified atom stereocenters. The quantitative estimate of drug-likeness (QED) is 0.357. The van der Waals surface area contributed by atoms with Crippen molar-refractivity contribution < 1.29 is 9.47 Å². The summed E-state index contributed by atoms with van der Waals surface area (Å²) in [7, 11) is 1.65. The lowest BCUT2D eigenvalue weighted by Gasteiger charge is -2.33. The van der Waals surface area contributed by atoms with E-state index in [0.717, 1.165) is 61.5 Å². The van der Waals surface area contributed by atoms with Gasteiger partial charge >= 0.3 is 6.01 Å². The van der Waals surface area contributed by atoms with Crippen LogP contribution in [0.3, 0.4) is 0 Å². The Labute approximate surface area is 221 Å². The fraction of sp³-hybridized carbons (Fsp3) is 0.346. The van der Waals surface area contributed by atoms with Crippen LogP contribution in [0.5, 0.6) is 11.8 Å². The number of ether oxygens (including phenoxy) is 2. The number of benzene rings is 2. The van der Waals surface area contributed by atoms with E-state index in [9.17, 15) is 0 Å². The Morgan fingerprint density at radius 1 is 1.11 bits per heavy atom. The van der Waals surface area contributed by atoms with Crippen LogP contribution in [-0.4, -0.2) is 53.2 Å². The lowest BCUT2D eigenvalue weighted by molar-refractivity contribution is 0.168. The first-order chi connectivity index (χ1) is 17.0. The predicted octanol–water partition coefficient (Wildman–Crippen LogP) is 5.67. The fourth-order valence-electron chi connectivity index (χ4n) is 4.14. The second-order valence-corrected chi connectivity index (χ2v) is 9.81. The topological polar surface area (TPSA) is 59.5 Å². The molecule has 184 valence electrons.